The molecule has 0 heterocycles. The van der Waals surface area contributed by atoms with Crippen LogP contribution in [0.4, 0.5) is 17.6 Å². The summed E-state index contributed by atoms with van der Waals surface area (Å²) in [6.07, 6.45) is 39.5. The molecule has 0 spiro atoms. The van der Waals surface area contributed by atoms with Crippen LogP contribution >= 0.6 is 31.2 Å². The molecule has 0 amide bonds. The van der Waals surface area contributed by atoms with Gasteiger partial charge in [0.05, 0.1) is 11.7 Å². The second kappa shape index (κ2) is 36.0. The number of halogens is 6. The molecule has 0 atom stereocenters. The van der Waals surface area contributed by atoms with Crippen molar-refractivity contribution in [1.82, 2.24) is 0 Å². The van der Waals surface area contributed by atoms with Gasteiger partial charge >= 0.3 is 0 Å². The first kappa shape index (κ1) is 68.6. The molecular formula is C71H99F4I2OP. The maximum atomic E-state index is 14.0. The number of benzene rings is 5. The molecule has 4 saturated carbocycles. The maximum Gasteiger partial charge on any atom is 0.169 e. The van der Waals surface area contributed by atoms with E-state index in [1.807, 2.05) is 0 Å². The number of rotatable bonds is 18. The molecule has 79 heavy (non-hydrogen) atoms. The number of carbonyl (C=O) groups is 1. The maximum absolute atomic E-state index is 14.0. The van der Waals surface area contributed by atoms with Crippen LogP contribution in [0.3, 0.4) is 0 Å². The summed E-state index contributed by atoms with van der Waals surface area (Å²) in [6, 6.07) is 40.5. The number of aryl methyl sites for hydroxylation is 2. The molecule has 0 N–H and O–H groups in total. The van der Waals surface area contributed by atoms with E-state index in [1.165, 1.54) is 179 Å². The van der Waals surface area contributed by atoms with Gasteiger partial charge in [0, 0.05) is 6.99 Å². The number of allylic oxidation sites excluding steroid dienone is 1. The van der Waals surface area contributed by atoms with E-state index in [0.29, 0.717) is 17.0 Å². The first-order valence-corrected chi connectivity index (χ1v) is 32.1. The molecule has 9 rings (SSSR count). The zero-order valence-corrected chi connectivity index (χ0v) is 53.0. The molecular weight excluding hydrogens is 1230 g/mol. The van der Waals surface area contributed by atoms with Crippen molar-refractivity contribution in [1.29, 1.82) is 0 Å². The molecule has 0 aromatic heterocycles. The Bertz CT molecular complexity index is 2400. The Labute approximate surface area is 513 Å². The van der Waals surface area contributed by atoms with Gasteiger partial charge in [0.2, 0.25) is 0 Å². The van der Waals surface area contributed by atoms with Gasteiger partial charge in [0.1, 0.15) is 23.2 Å². The van der Waals surface area contributed by atoms with Crippen molar-refractivity contribution in [3.8, 4) is 0 Å². The lowest BCUT2D eigenvalue weighted by Gasteiger charge is -2.39. The highest BCUT2D eigenvalue weighted by Crippen LogP contribution is 2.58. The molecule has 4 aliphatic carbocycles. The van der Waals surface area contributed by atoms with Gasteiger partial charge < -0.3 is 24.0 Å². The largest absolute Gasteiger partial charge is 1.00 e. The topological polar surface area (TPSA) is 17.1 Å². The Morgan fingerprint density at radius 1 is 0.456 bits per heavy atom. The molecule has 8 heteroatoms. The third-order valence-corrected chi connectivity index (χ3v) is 23.3. The Balaban J connectivity index is 0.000000346. The van der Waals surface area contributed by atoms with Crippen molar-refractivity contribution in [3.05, 3.63) is 167 Å². The van der Waals surface area contributed by atoms with Crippen molar-refractivity contribution >= 4 is 59.5 Å². The number of aldehydes is 1. The van der Waals surface area contributed by atoms with Crippen molar-refractivity contribution in [2.24, 2.45) is 47.3 Å². The van der Waals surface area contributed by atoms with E-state index in [2.05, 4.69) is 111 Å². The van der Waals surface area contributed by atoms with Crippen molar-refractivity contribution < 1.29 is 47.8 Å². The minimum Gasteiger partial charge on any atom is -1.00 e. The molecule has 0 radical (unpaired) electrons. The summed E-state index contributed by atoms with van der Waals surface area (Å²) in [5, 5.41) is 4.66. The number of hydrogen-bond donors (Lipinski definition) is 0. The molecule has 0 saturated heterocycles. The van der Waals surface area contributed by atoms with E-state index in [4.69, 9.17) is 0 Å². The monoisotopic (exact) mass is 1330 g/mol. The molecule has 0 bridgehead atoms. The summed E-state index contributed by atoms with van der Waals surface area (Å²) in [7, 11) is -1.70. The summed E-state index contributed by atoms with van der Waals surface area (Å²) in [4.78, 5) is 10.1. The van der Waals surface area contributed by atoms with Gasteiger partial charge in [-0.3, -0.25) is 4.79 Å². The highest BCUT2D eigenvalue weighted by atomic mass is 127. The molecule has 0 unspecified atom stereocenters. The summed E-state index contributed by atoms with van der Waals surface area (Å²) >= 11 is 0. The molecule has 5 aromatic carbocycles. The Morgan fingerprint density at radius 2 is 0.797 bits per heavy atom. The van der Waals surface area contributed by atoms with Gasteiger partial charge in [0.25, 0.3) is 0 Å². The summed E-state index contributed by atoms with van der Waals surface area (Å²) in [5.41, 5.74) is 0.711. The Morgan fingerprint density at radius 3 is 1.16 bits per heavy atom. The summed E-state index contributed by atoms with van der Waals surface area (Å²) in [5.74, 6) is 3.78. The Kier molecular flexibility index (Phi) is 31.2. The third-order valence-electron chi connectivity index (χ3n) is 18.7. The highest BCUT2D eigenvalue weighted by Gasteiger charge is 2.47. The molecule has 5 aromatic rings. The molecule has 4 fully saturated rings. The minimum atomic E-state index is -1.70. The van der Waals surface area contributed by atoms with Gasteiger partial charge in [-0.05, 0) is 192 Å². The van der Waals surface area contributed by atoms with Gasteiger partial charge in [-0.1, -0.05) is 183 Å². The number of carbonyl (C=O) groups excluding carboxylic acids is 1. The minimum absolute atomic E-state index is 0. The average Bonchev–Trinajstić information content (AvgIpc) is 3.50. The number of unbranched alkanes of at least 4 members (excludes halogenated alkanes) is 4. The predicted octanol–water partition coefficient (Wildman–Crippen LogP) is 18.2. The Hall–Kier alpha value is -2.88. The second-order valence-electron chi connectivity index (χ2n) is 23.7. The van der Waals surface area contributed by atoms with Crippen LogP contribution in [0.1, 0.15) is 204 Å². The third kappa shape index (κ3) is 19.6. The van der Waals surface area contributed by atoms with Crippen molar-refractivity contribution in [3.63, 3.8) is 0 Å². The van der Waals surface area contributed by atoms with Crippen molar-refractivity contribution in [2.75, 3.05) is 6.16 Å². The zero-order valence-electron chi connectivity index (χ0n) is 47.7. The zero-order chi connectivity index (χ0) is 53.7. The van der Waals surface area contributed by atoms with Crippen molar-refractivity contribution in [2.45, 2.75) is 189 Å². The highest BCUT2D eigenvalue weighted by molar-refractivity contribution is 14.0. The van der Waals surface area contributed by atoms with Crippen LogP contribution in [-0.2, 0) is 0 Å². The lowest BCUT2D eigenvalue weighted by Crippen LogP contribution is -3.00. The molecule has 0 aliphatic heterocycles. The van der Waals surface area contributed by atoms with E-state index in [-0.39, 0.29) is 74.2 Å². The second-order valence-corrected chi connectivity index (χ2v) is 27.2. The van der Waals surface area contributed by atoms with Crippen LogP contribution in [0.5, 0.6) is 0 Å². The fraction of sp³-hybridized carbons (Fsp3) is 0.535. The van der Waals surface area contributed by atoms with E-state index in [9.17, 15) is 22.4 Å². The normalized spacial score (nSPS) is 23.0. The summed E-state index contributed by atoms with van der Waals surface area (Å²) in [6.45, 7) is 7.66. The predicted molar refractivity (Wildman–Crippen MR) is 341 cm³/mol. The van der Waals surface area contributed by atoms with Gasteiger partial charge in [-0.15, -0.1) is 24.0 Å². The quantitative estimate of drug-likeness (QED) is 0.0281. The SMILES string of the molecule is C.CCCCCC1CCC(C2CCC(/C=C/c3ccc(C)c(F)c3F)CC2)CC1.CCCCCC1CCC(C2CCC(C[P+](c3ccccc3)(c3ccccc3)c3ccccc3)CC2)CC1.Cc1ccc(C=O)c(F)c1F.I.[HH].[I-]. The van der Waals surface area contributed by atoms with Crippen LogP contribution in [0.15, 0.2) is 121 Å². The van der Waals surface area contributed by atoms with Crippen LogP contribution in [0, 0.1) is 84.5 Å². The average molecular weight is 1330 g/mol. The van der Waals surface area contributed by atoms with Gasteiger partial charge in [-0.25, -0.2) is 17.6 Å². The van der Waals surface area contributed by atoms with Crippen LogP contribution in [-0.4, -0.2) is 12.4 Å². The van der Waals surface area contributed by atoms with Gasteiger partial charge in [-0.2, -0.15) is 0 Å². The van der Waals surface area contributed by atoms with Crippen LogP contribution in [0.25, 0.3) is 6.08 Å². The fourth-order valence-corrected chi connectivity index (χ4v) is 18.6. The van der Waals surface area contributed by atoms with E-state index < -0.39 is 30.5 Å². The van der Waals surface area contributed by atoms with Crippen LogP contribution in [0.2, 0.25) is 0 Å². The van der Waals surface area contributed by atoms with E-state index in [0.717, 1.165) is 41.4 Å². The summed E-state index contributed by atoms with van der Waals surface area (Å²) < 4.78 is 53.0. The standard InChI is InChI=1S/C36H48P.C26H38F2.C8H6F2O.CH4.2HI.H2/c1-2-3-7-14-30-21-25-32(26-22-30)33-27-23-31(24-28-33)29-37(34-15-8-4-9-16-34,35-17-10-5-11-18-35)36-19-12-6-13-20-36;1-3-4-5-6-20-8-14-22(15-9-20)23-16-10-21(11-17-23)12-18-24-13-7-19(2)25(27)26(24)28;1-5-2-3-6(4-11)8(10)7(5)9;;;;/h4-6,8-13,15-20,30-33H,2-3,7,14,21-29H2,1H3;7,12-13,18,20-23H,3-6,8-11,14-17H2,1-2H3;2-4H,1H3;1H4;3*1H/q+1;;;;;;/p-1/b;18-12+;;;;;. The lowest BCUT2D eigenvalue weighted by molar-refractivity contribution is -0.0000245. The molecule has 4 aliphatic rings. The number of hydrogen-bond acceptors (Lipinski definition) is 1. The van der Waals surface area contributed by atoms with Gasteiger partial charge in [0.15, 0.2) is 29.6 Å². The molecule has 1 nitrogen and oxygen atoms in total. The van der Waals surface area contributed by atoms with Crippen LogP contribution < -0.4 is 39.9 Å². The fourth-order valence-electron chi connectivity index (χ4n) is 13.9. The lowest BCUT2D eigenvalue weighted by atomic mass is 9.68. The van der Waals surface area contributed by atoms with E-state index >= 15 is 0 Å². The first-order valence-electron chi connectivity index (χ1n) is 30.1. The van der Waals surface area contributed by atoms with E-state index in [1.54, 1.807) is 41.0 Å². The molecule has 436 valence electrons. The first-order chi connectivity index (χ1) is 37.0. The smallest absolute Gasteiger partial charge is 0.169 e.